The summed E-state index contributed by atoms with van der Waals surface area (Å²) in [5, 5.41) is 1.36. The molecule has 4 heteroatoms. The Labute approximate surface area is 93.5 Å². The molecule has 0 saturated carbocycles. The van der Waals surface area contributed by atoms with Gasteiger partial charge in [-0.25, -0.2) is 0 Å². The fourth-order valence-electron chi connectivity index (χ4n) is 1.67. The Balaban J connectivity index is 2.25. The van der Waals surface area contributed by atoms with Crippen molar-refractivity contribution in [2.75, 3.05) is 17.6 Å². The lowest BCUT2D eigenvalue weighted by molar-refractivity contribution is -0.126. The Kier molecular flexibility index (Phi) is 3.23. The molecule has 0 atom stereocenters. The average Bonchev–Trinajstić information content (AvgIpc) is 2.28. The summed E-state index contributed by atoms with van der Waals surface area (Å²) in [6, 6.07) is 7.77. The second-order valence-corrected chi connectivity index (χ2v) is 3.72. The number of benzene rings is 1. The number of rotatable bonds is 3. The molecule has 1 aromatic rings. The SMILES string of the molecule is O=C1CCc2ccccc2N1OCCCl. The van der Waals surface area contributed by atoms with Gasteiger partial charge in [0.25, 0.3) is 5.91 Å². The minimum absolute atomic E-state index is 0.00110. The molecule has 2 rings (SSSR count). The van der Waals surface area contributed by atoms with Gasteiger partial charge in [-0.15, -0.1) is 11.6 Å². The van der Waals surface area contributed by atoms with Crippen LogP contribution in [0, 0.1) is 0 Å². The van der Waals surface area contributed by atoms with E-state index < -0.39 is 0 Å². The third-order valence-corrected chi connectivity index (χ3v) is 2.50. The van der Waals surface area contributed by atoms with Crippen molar-refractivity contribution >= 4 is 23.2 Å². The van der Waals surface area contributed by atoms with Gasteiger partial charge in [0.1, 0.15) is 0 Å². The van der Waals surface area contributed by atoms with Crippen LogP contribution in [0.3, 0.4) is 0 Å². The van der Waals surface area contributed by atoms with E-state index in [2.05, 4.69) is 0 Å². The Morgan fingerprint density at radius 3 is 2.93 bits per heavy atom. The number of carbonyl (C=O) groups excluding carboxylic acids is 1. The van der Waals surface area contributed by atoms with Crippen LogP contribution in [0.2, 0.25) is 0 Å². The zero-order valence-electron chi connectivity index (χ0n) is 8.28. The number of para-hydroxylation sites is 1. The summed E-state index contributed by atoms with van der Waals surface area (Å²) >= 11 is 5.53. The van der Waals surface area contributed by atoms with E-state index in [1.165, 1.54) is 5.06 Å². The van der Waals surface area contributed by atoms with Gasteiger partial charge >= 0.3 is 0 Å². The Bertz CT molecular complexity index is 367. The number of hydrogen-bond donors (Lipinski definition) is 0. The van der Waals surface area contributed by atoms with Crippen LogP contribution in [0.4, 0.5) is 5.69 Å². The van der Waals surface area contributed by atoms with Crippen LogP contribution >= 0.6 is 11.6 Å². The monoisotopic (exact) mass is 225 g/mol. The molecule has 0 saturated heterocycles. The van der Waals surface area contributed by atoms with E-state index in [1.807, 2.05) is 24.3 Å². The molecule has 1 aliphatic heterocycles. The molecule has 1 aromatic carbocycles. The number of nitrogens with zero attached hydrogens (tertiary/aromatic N) is 1. The number of carbonyl (C=O) groups is 1. The van der Waals surface area contributed by atoms with Gasteiger partial charge in [-0.3, -0.25) is 9.63 Å². The molecule has 3 nitrogen and oxygen atoms in total. The lowest BCUT2D eigenvalue weighted by atomic mass is 10.0. The summed E-state index contributed by atoms with van der Waals surface area (Å²) in [4.78, 5) is 16.9. The second kappa shape index (κ2) is 4.64. The van der Waals surface area contributed by atoms with E-state index in [0.717, 1.165) is 17.7 Å². The highest BCUT2D eigenvalue weighted by molar-refractivity contribution is 6.18. The smallest absolute Gasteiger partial charge is 0.251 e. The first kappa shape index (κ1) is 10.5. The highest BCUT2D eigenvalue weighted by Gasteiger charge is 2.24. The molecular weight excluding hydrogens is 214 g/mol. The van der Waals surface area contributed by atoms with Crippen LogP contribution in [0.15, 0.2) is 24.3 Å². The summed E-state index contributed by atoms with van der Waals surface area (Å²) in [7, 11) is 0. The molecular formula is C11H12ClNO2. The number of alkyl halides is 1. The molecule has 0 aromatic heterocycles. The van der Waals surface area contributed by atoms with E-state index >= 15 is 0 Å². The van der Waals surface area contributed by atoms with Crippen molar-refractivity contribution in [3.05, 3.63) is 29.8 Å². The normalized spacial score (nSPS) is 15.3. The minimum atomic E-state index is -0.00110. The standard InChI is InChI=1S/C11H12ClNO2/c12-7-8-15-13-10-4-2-1-3-9(10)5-6-11(13)14/h1-4H,5-8H2. The topological polar surface area (TPSA) is 29.5 Å². The second-order valence-electron chi connectivity index (χ2n) is 3.34. The molecule has 0 N–H and O–H groups in total. The van der Waals surface area contributed by atoms with Crippen LogP contribution < -0.4 is 5.06 Å². The summed E-state index contributed by atoms with van der Waals surface area (Å²) in [6.07, 6.45) is 1.29. The van der Waals surface area contributed by atoms with Gasteiger partial charge in [0.15, 0.2) is 0 Å². The Morgan fingerprint density at radius 1 is 1.33 bits per heavy atom. The summed E-state index contributed by atoms with van der Waals surface area (Å²) < 4.78 is 0. The van der Waals surface area contributed by atoms with Crippen molar-refractivity contribution in [2.45, 2.75) is 12.8 Å². The molecule has 0 bridgehead atoms. The van der Waals surface area contributed by atoms with E-state index in [0.29, 0.717) is 18.9 Å². The summed E-state index contributed by atoms with van der Waals surface area (Å²) in [5.41, 5.74) is 1.99. The first-order valence-corrected chi connectivity index (χ1v) is 5.46. The number of hydroxylamine groups is 1. The maximum absolute atomic E-state index is 11.6. The third-order valence-electron chi connectivity index (χ3n) is 2.34. The van der Waals surface area contributed by atoms with E-state index in [9.17, 15) is 4.79 Å². The molecule has 0 unspecified atom stereocenters. The van der Waals surface area contributed by atoms with Crippen LogP contribution in [0.1, 0.15) is 12.0 Å². The molecule has 0 spiro atoms. The lowest BCUT2D eigenvalue weighted by Crippen LogP contribution is -2.35. The number of aryl methyl sites for hydroxylation is 1. The fraction of sp³-hybridized carbons (Fsp3) is 0.364. The van der Waals surface area contributed by atoms with E-state index in [1.54, 1.807) is 0 Å². The predicted molar refractivity (Wildman–Crippen MR) is 58.9 cm³/mol. The van der Waals surface area contributed by atoms with E-state index in [-0.39, 0.29) is 5.91 Å². The minimum Gasteiger partial charge on any atom is -0.272 e. The summed E-state index contributed by atoms with van der Waals surface area (Å²) in [6.45, 7) is 0.349. The maximum atomic E-state index is 11.6. The Hall–Kier alpha value is -1.06. The number of anilines is 1. The van der Waals surface area contributed by atoms with Crippen LogP contribution in [0.25, 0.3) is 0 Å². The molecule has 0 radical (unpaired) electrons. The fourth-order valence-corrected chi connectivity index (χ4v) is 1.73. The van der Waals surface area contributed by atoms with Gasteiger partial charge in [-0.1, -0.05) is 18.2 Å². The largest absolute Gasteiger partial charge is 0.272 e. The number of amides is 1. The van der Waals surface area contributed by atoms with E-state index in [4.69, 9.17) is 16.4 Å². The van der Waals surface area contributed by atoms with Crippen molar-refractivity contribution in [1.29, 1.82) is 0 Å². The number of halogens is 1. The number of hydrogen-bond acceptors (Lipinski definition) is 2. The average molecular weight is 226 g/mol. The highest BCUT2D eigenvalue weighted by atomic mass is 35.5. The number of fused-ring (bicyclic) bond motifs is 1. The van der Waals surface area contributed by atoms with Crippen molar-refractivity contribution in [3.8, 4) is 0 Å². The first-order valence-electron chi connectivity index (χ1n) is 4.92. The third kappa shape index (κ3) is 2.13. The maximum Gasteiger partial charge on any atom is 0.251 e. The molecule has 1 aliphatic rings. The molecule has 0 aliphatic carbocycles. The highest BCUT2D eigenvalue weighted by Crippen LogP contribution is 2.27. The van der Waals surface area contributed by atoms with Gasteiger partial charge in [0.2, 0.25) is 0 Å². The molecule has 15 heavy (non-hydrogen) atoms. The van der Waals surface area contributed by atoms with Gasteiger partial charge in [0, 0.05) is 12.3 Å². The van der Waals surface area contributed by atoms with Gasteiger partial charge in [-0.05, 0) is 18.1 Å². The van der Waals surface area contributed by atoms with Gasteiger partial charge in [-0.2, -0.15) is 5.06 Å². The molecule has 0 fully saturated rings. The van der Waals surface area contributed by atoms with Gasteiger partial charge < -0.3 is 0 Å². The van der Waals surface area contributed by atoms with Crippen molar-refractivity contribution in [3.63, 3.8) is 0 Å². The summed E-state index contributed by atoms with van der Waals surface area (Å²) in [5.74, 6) is 0.380. The predicted octanol–water partition coefficient (Wildman–Crippen LogP) is 2.14. The van der Waals surface area contributed by atoms with Crippen LogP contribution in [-0.2, 0) is 16.1 Å². The van der Waals surface area contributed by atoms with Gasteiger partial charge in [0.05, 0.1) is 12.3 Å². The quantitative estimate of drug-likeness (QED) is 0.738. The van der Waals surface area contributed by atoms with Crippen molar-refractivity contribution in [1.82, 2.24) is 0 Å². The van der Waals surface area contributed by atoms with Crippen molar-refractivity contribution < 1.29 is 9.63 Å². The Morgan fingerprint density at radius 2 is 2.13 bits per heavy atom. The lowest BCUT2D eigenvalue weighted by Gasteiger charge is -2.27. The molecule has 80 valence electrons. The van der Waals surface area contributed by atoms with Crippen LogP contribution in [0.5, 0.6) is 0 Å². The molecule has 1 amide bonds. The zero-order chi connectivity index (χ0) is 10.7. The first-order chi connectivity index (χ1) is 7.33. The van der Waals surface area contributed by atoms with Crippen LogP contribution in [-0.4, -0.2) is 18.4 Å². The molecule has 1 heterocycles. The van der Waals surface area contributed by atoms with Crippen molar-refractivity contribution in [2.24, 2.45) is 0 Å². The zero-order valence-corrected chi connectivity index (χ0v) is 9.04.